The number of hydrazone groups is 1. The van der Waals surface area contributed by atoms with Crippen LogP contribution in [-0.4, -0.2) is 11.6 Å². The average Bonchev–Trinajstić information content (AvgIpc) is 3.11. The highest BCUT2D eigenvalue weighted by atomic mass is 127. The van der Waals surface area contributed by atoms with Crippen LogP contribution in [0, 0.1) is 32.7 Å². The Morgan fingerprint density at radius 1 is 1.00 bits per heavy atom. The Kier molecular flexibility index (Phi) is 8.17. The van der Waals surface area contributed by atoms with E-state index in [-0.39, 0.29) is 22.9 Å². The third-order valence-corrected chi connectivity index (χ3v) is 7.16. The number of hydrogen-bond acceptors (Lipinski definition) is 3. The van der Waals surface area contributed by atoms with Crippen molar-refractivity contribution in [2.24, 2.45) is 5.10 Å². The minimum atomic E-state index is -2.34. The van der Waals surface area contributed by atoms with Gasteiger partial charge in [-0.15, -0.1) is 0 Å². The molecule has 3 aromatic carbocycles. The van der Waals surface area contributed by atoms with Gasteiger partial charge in [-0.05, 0) is 65.4 Å². The van der Waals surface area contributed by atoms with Gasteiger partial charge in [-0.2, -0.15) is 10.1 Å². The predicted molar refractivity (Wildman–Crippen MR) is 142 cm³/mol. The molecule has 13 heteroatoms. The molecule has 0 unspecified atom stereocenters. The summed E-state index contributed by atoms with van der Waals surface area (Å²) < 4.78 is 76.9. The van der Waals surface area contributed by atoms with Gasteiger partial charge >= 0.3 is 0 Å². The zero-order chi connectivity index (χ0) is 27.2. The van der Waals surface area contributed by atoms with Gasteiger partial charge in [-0.1, -0.05) is 45.2 Å². The molecule has 0 saturated heterocycles. The molecule has 0 fully saturated rings. The average molecular weight is 732 g/mol. The van der Waals surface area contributed by atoms with Crippen LogP contribution in [0.1, 0.15) is 18.1 Å². The molecule has 1 aliphatic rings. The molecule has 0 aromatic heterocycles. The first kappa shape index (κ1) is 27.8. The van der Waals surface area contributed by atoms with Gasteiger partial charge in [0.05, 0.1) is 24.9 Å². The summed E-state index contributed by atoms with van der Waals surface area (Å²) in [5.74, 6) is -11.8. The molecule has 3 aromatic rings. The van der Waals surface area contributed by atoms with Crippen LogP contribution in [0.2, 0.25) is 10.0 Å². The second kappa shape index (κ2) is 10.9. The molecule has 0 radical (unpaired) electrons. The summed E-state index contributed by atoms with van der Waals surface area (Å²) >= 11 is 17.4. The van der Waals surface area contributed by atoms with Crippen LogP contribution in [0.5, 0.6) is 5.75 Å². The number of nitrogens with zero attached hydrogens (tertiary/aromatic N) is 2. The highest BCUT2D eigenvalue weighted by molar-refractivity contribution is 14.1. The van der Waals surface area contributed by atoms with Gasteiger partial charge in [0.2, 0.25) is 5.82 Å². The van der Waals surface area contributed by atoms with Crippen LogP contribution in [-0.2, 0) is 11.4 Å². The zero-order valence-electron chi connectivity index (χ0n) is 18.3. The van der Waals surface area contributed by atoms with Crippen molar-refractivity contribution in [3.8, 4) is 5.75 Å². The van der Waals surface area contributed by atoms with Gasteiger partial charge in [0.15, 0.2) is 23.3 Å². The van der Waals surface area contributed by atoms with E-state index in [2.05, 4.69) is 21.0 Å². The molecule has 0 bridgehead atoms. The minimum Gasteiger partial charge on any atom is -0.487 e. The van der Waals surface area contributed by atoms with Crippen molar-refractivity contribution in [1.29, 1.82) is 0 Å². The predicted octanol–water partition coefficient (Wildman–Crippen LogP) is 8.44. The lowest BCUT2D eigenvalue weighted by Crippen LogP contribution is -2.25. The summed E-state index contributed by atoms with van der Waals surface area (Å²) in [6.07, 6.45) is 1.35. The molecule has 0 atom stereocenters. The number of benzene rings is 3. The van der Waals surface area contributed by atoms with Gasteiger partial charge in [0.1, 0.15) is 18.0 Å². The molecule has 0 saturated carbocycles. The molecule has 4 nitrogen and oxygen atoms in total. The Morgan fingerprint density at radius 2 is 1.62 bits per heavy atom. The van der Waals surface area contributed by atoms with Crippen LogP contribution >= 0.6 is 61.7 Å². The number of rotatable bonds is 5. The summed E-state index contributed by atoms with van der Waals surface area (Å²) in [6, 6.07) is 8.35. The van der Waals surface area contributed by atoms with Crippen molar-refractivity contribution in [3.05, 3.63) is 94.2 Å². The molecule has 0 N–H and O–H groups in total. The zero-order valence-corrected chi connectivity index (χ0v) is 23.5. The smallest absolute Gasteiger partial charge is 0.280 e. The molecule has 0 aliphatic carbocycles. The van der Waals surface area contributed by atoms with E-state index in [1.807, 2.05) is 22.6 Å². The van der Waals surface area contributed by atoms with E-state index in [1.165, 1.54) is 13.0 Å². The molecule has 37 heavy (non-hydrogen) atoms. The fourth-order valence-electron chi connectivity index (χ4n) is 3.40. The minimum absolute atomic E-state index is 0.0145. The maximum Gasteiger partial charge on any atom is 0.280 e. The lowest BCUT2D eigenvalue weighted by Gasteiger charge is -2.15. The number of halogens is 9. The first-order valence-electron chi connectivity index (χ1n) is 10.1. The number of hydrogen-bond donors (Lipinski definition) is 0. The quantitative estimate of drug-likeness (QED) is 0.0870. The Hall–Kier alpha value is -2.22. The highest BCUT2D eigenvalue weighted by Crippen LogP contribution is 2.36. The first-order chi connectivity index (χ1) is 17.4. The molecule has 1 heterocycles. The Labute approximate surface area is 239 Å². The standard InChI is InChI=1S/C24H11BrCl2F5IN2O2/c1-9-13(24(36)35(34-9)22-20(31)18(29)17(28)19(30)21(22)32)6-11-5-12(25)7-16(33)23(11)37-8-10-2-3-14(26)15(27)4-10/h2-7H,8H2,1H3/b13-6-. The summed E-state index contributed by atoms with van der Waals surface area (Å²) in [5.41, 5.74) is -0.532. The van der Waals surface area contributed by atoms with E-state index >= 15 is 0 Å². The fraction of sp³-hybridized carbons (Fsp3) is 0.0833. The number of ether oxygens (including phenoxy) is 1. The fourth-order valence-corrected chi connectivity index (χ4v) is 5.42. The molecule has 0 spiro atoms. The van der Waals surface area contributed by atoms with Gasteiger partial charge < -0.3 is 4.74 Å². The summed E-state index contributed by atoms with van der Waals surface area (Å²) in [5, 5.41) is 4.62. The maximum atomic E-state index is 14.3. The van der Waals surface area contributed by atoms with Crippen LogP contribution in [0.15, 0.2) is 45.5 Å². The SMILES string of the molecule is CC1=NN(c2c(F)c(F)c(F)c(F)c2F)C(=O)/C1=C\c1cc(Br)cc(I)c1OCc1ccc(Cl)c(Cl)c1. The van der Waals surface area contributed by atoms with Gasteiger partial charge in [-0.25, -0.2) is 22.0 Å². The third-order valence-electron chi connectivity index (χ3n) is 5.17. The van der Waals surface area contributed by atoms with Gasteiger partial charge in [0.25, 0.3) is 5.91 Å². The van der Waals surface area contributed by atoms with E-state index < -0.39 is 40.7 Å². The maximum absolute atomic E-state index is 14.3. The number of carbonyl (C=O) groups excluding carboxylic acids is 1. The lowest BCUT2D eigenvalue weighted by molar-refractivity contribution is -0.114. The van der Waals surface area contributed by atoms with E-state index in [0.29, 0.717) is 35.0 Å². The molecular formula is C24H11BrCl2F5IN2O2. The van der Waals surface area contributed by atoms with Crippen molar-refractivity contribution in [1.82, 2.24) is 0 Å². The van der Waals surface area contributed by atoms with Crippen LogP contribution in [0.3, 0.4) is 0 Å². The summed E-state index contributed by atoms with van der Waals surface area (Å²) in [4.78, 5) is 13.1. The second-order valence-electron chi connectivity index (χ2n) is 7.62. The highest BCUT2D eigenvalue weighted by Gasteiger charge is 2.37. The molecule has 1 amide bonds. The monoisotopic (exact) mass is 730 g/mol. The Morgan fingerprint density at radius 3 is 2.24 bits per heavy atom. The van der Waals surface area contributed by atoms with Crippen molar-refractivity contribution >= 4 is 85.1 Å². The Bertz CT molecular complexity index is 1500. The van der Waals surface area contributed by atoms with Gasteiger partial charge in [0, 0.05) is 10.0 Å². The number of anilines is 1. The normalized spacial score (nSPS) is 14.5. The first-order valence-corrected chi connectivity index (χ1v) is 12.7. The van der Waals surface area contributed by atoms with Crippen molar-refractivity contribution in [3.63, 3.8) is 0 Å². The van der Waals surface area contributed by atoms with Crippen molar-refractivity contribution in [2.45, 2.75) is 13.5 Å². The summed E-state index contributed by atoms with van der Waals surface area (Å²) in [7, 11) is 0. The van der Waals surface area contributed by atoms with Crippen molar-refractivity contribution in [2.75, 3.05) is 5.01 Å². The number of carbonyl (C=O) groups is 1. The third kappa shape index (κ3) is 5.36. The molecule has 192 valence electrons. The van der Waals surface area contributed by atoms with E-state index in [4.69, 9.17) is 27.9 Å². The van der Waals surface area contributed by atoms with Crippen molar-refractivity contribution < 1.29 is 31.5 Å². The van der Waals surface area contributed by atoms with Crippen LogP contribution in [0.4, 0.5) is 27.6 Å². The largest absolute Gasteiger partial charge is 0.487 e. The molecular weight excluding hydrogens is 721 g/mol. The Balaban J connectivity index is 1.73. The van der Waals surface area contributed by atoms with Crippen LogP contribution < -0.4 is 9.75 Å². The summed E-state index contributed by atoms with van der Waals surface area (Å²) in [6.45, 7) is 1.44. The van der Waals surface area contributed by atoms with Crippen LogP contribution in [0.25, 0.3) is 6.08 Å². The topological polar surface area (TPSA) is 41.9 Å². The van der Waals surface area contributed by atoms with Gasteiger partial charge in [-0.3, -0.25) is 4.79 Å². The van der Waals surface area contributed by atoms with E-state index in [0.717, 1.165) is 0 Å². The lowest BCUT2D eigenvalue weighted by atomic mass is 10.1. The number of amides is 1. The van der Waals surface area contributed by atoms with E-state index in [9.17, 15) is 26.7 Å². The second-order valence-corrected chi connectivity index (χ2v) is 10.5. The molecule has 4 rings (SSSR count). The molecule has 1 aliphatic heterocycles. The van der Waals surface area contributed by atoms with E-state index in [1.54, 1.807) is 30.3 Å².